The van der Waals surface area contributed by atoms with E-state index in [1.807, 2.05) is 0 Å². The third-order valence-electron chi connectivity index (χ3n) is 3.10. The lowest BCUT2D eigenvalue weighted by Crippen LogP contribution is -2.44. The van der Waals surface area contributed by atoms with E-state index in [2.05, 4.69) is 0 Å². The molecule has 5 heteroatoms. The molecule has 16 heavy (non-hydrogen) atoms. The molecule has 1 aromatic rings. The minimum Gasteiger partial charge on any atom is -0.504 e. The van der Waals surface area contributed by atoms with Crippen LogP contribution in [0.2, 0.25) is 5.02 Å². The van der Waals surface area contributed by atoms with Crippen molar-refractivity contribution in [3.8, 4) is 11.5 Å². The summed E-state index contributed by atoms with van der Waals surface area (Å²) in [5, 5.41) is 9.51. The zero-order valence-electron chi connectivity index (χ0n) is 8.89. The van der Waals surface area contributed by atoms with Crippen molar-refractivity contribution in [3.63, 3.8) is 0 Å². The van der Waals surface area contributed by atoms with E-state index in [1.54, 1.807) is 0 Å². The van der Waals surface area contributed by atoms with E-state index in [-0.39, 0.29) is 22.1 Å². The molecule has 0 atom stereocenters. The topological polar surface area (TPSA) is 55.5 Å². The number of nitrogens with two attached hydrogens (primary N) is 1. The monoisotopic (exact) mass is 245 g/mol. The first-order valence-corrected chi connectivity index (χ1v) is 5.42. The maximum atomic E-state index is 13.9. The van der Waals surface area contributed by atoms with Crippen LogP contribution in [0.5, 0.6) is 11.5 Å². The molecule has 1 aliphatic rings. The number of methoxy groups -OCH3 is 1. The summed E-state index contributed by atoms with van der Waals surface area (Å²) in [4.78, 5) is 0. The Hall–Kier alpha value is -1.00. The predicted molar refractivity (Wildman–Crippen MR) is 59.3 cm³/mol. The number of hydrogen-bond donors (Lipinski definition) is 2. The van der Waals surface area contributed by atoms with Gasteiger partial charge in [-0.2, -0.15) is 0 Å². The molecular formula is C11H13ClFNO2. The molecule has 1 fully saturated rings. The molecule has 0 unspecified atom stereocenters. The first kappa shape index (κ1) is 11.5. The fourth-order valence-electron chi connectivity index (χ4n) is 2.06. The molecule has 0 radical (unpaired) electrons. The van der Waals surface area contributed by atoms with E-state index in [0.717, 1.165) is 12.5 Å². The van der Waals surface area contributed by atoms with Gasteiger partial charge in [0.25, 0.3) is 0 Å². The van der Waals surface area contributed by atoms with Crippen LogP contribution in [-0.4, -0.2) is 12.2 Å². The van der Waals surface area contributed by atoms with Crippen LogP contribution in [-0.2, 0) is 5.54 Å². The number of phenolic OH excluding ortho intramolecular Hbond substituents is 1. The van der Waals surface area contributed by atoms with Gasteiger partial charge in [-0.15, -0.1) is 0 Å². The lowest BCUT2D eigenvalue weighted by molar-refractivity contribution is 0.232. The fourth-order valence-corrected chi connectivity index (χ4v) is 2.25. The molecule has 0 spiro atoms. The zero-order valence-corrected chi connectivity index (χ0v) is 9.64. The van der Waals surface area contributed by atoms with Gasteiger partial charge in [-0.25, -0.2) is 4.39 Å². The van der Waals surface area contributed by atoms with Gasteiger partial charge >= 0.3 is 0 Å². The average Bonchev–Trinajstić information content (AvgIpc) is 2.19. The summed E-state index contributed by atoms with van der Waals surface area (Å²) in [6.07, 6.45) is 2.27. The number of aromatic hydroxyl groups is 1. The Balaban J connectivity index is 2.65. The van der Waals surface area contributed by atoms with Gasteiger partial charge in [0.15, 0.2) is 17.3 Å². The normalized spacial score (nSPS) is 18.0. The van der Waals surface area contributed by atoms with Crippen molar-refractivity contribution in [1.29, 1.82) is 0 Å². The van der Waals surface area contributed by atoms with Crippen LogP contribution in [0.15, 0.2) is 6.07 Å². The summed E-state index contributed by atoms with van der Waals surface area (Å²) in [5.74, 6) is -0.691. The first-order chi connectivity index (χ1) is 7.49. The Morgan fingerprint density at radius 1 is 1.56 bits per heavy atom. The van der Waals surface area contributed by atoms with Gasteiger partial charge in [0.05, 0.1) is 17.7 Å². The summed E-state index contributed by atoms with van der Waals surface area (Å²) in [7, 11) is 1.37. The number of rotatable bonds is 2. The molecule has 3 N–H and O–H groups in total. The second kappa shape index (κ2) is 3.79. The maximum absolute atomic E-state index is 13.9. The third-order valence-corrected chi connectivity index (χ3v) is 3.38. The van der Waals surface area contributed by atoms with Crippen LogP contribution in [0.25, 0.3) is 0 Å². The van der Waals surface area contributed by atoms with Gasteiger partial charge in [0.2, 0.25) is 0 Å². The molecule has 1 saturated carbocycles. The van der Waals surface area contributed by atoms with Crippen LogP contribution in [0, 0.1) is 5.82 Å². The van der Waals surface area contributed by atoms with Crippen molar-refractivity contribution in [3.05, 3.63) is 22.5 Å². The molecule has 2 rings (SSSR count). The minimum absolute atomic E-state index is 0.0871. The molecule has 0 amide bonds. The van der Waals surface area contributed by atoms with Crippen LogP contribution in [0.1, 0.15) is 24.8 Å². The molecule has 0 heterocycles. The molecular weight excluding hydrogens is 233 g/mol. The van der Waals surface area contributed by atoms with E-state index in [4.69, 9.17) is 22.1 Å². The Labute approximate surface area is 98.0 Å². The molecule has 88 valence electrons. The quantitative estimate of drug-likeness (QED) is 0.842. The number of hydrogen-bond acceptors (Lipinski definition) is 3. The van der Waals surface area contributed by atoms with Gasteiger partial charge < -0.3 is 15.6 Å². The second-order valence-corrected chi connectivity index (χ2v) is 4.52. The number of phenols is 1. The zero-order chi connectivity index (χ0) is 11.9. The maximum Gasteiger partial charge on any atom is 0.168 e. The highest BCUT2D eigenvalue weighted by molar-refractivity contribution is 6.31. The summed E-state index contributed by atoms with van der Waals surface area (Å²) in [6.45, 7) is 0. The standard InChI is InChI=1S/C11H13ClFNO2/c1-16-10-7(15)5-6(12)9(13)8(10)11(14)3-2-4-11/h5,15H,2-4,14H2,1H3. The highest BCUT2D eigenvalue weighted by Crippen LogP contribution is 2.48. The Bertz CT molecular complexity index is 432. The largest absolute Gasteiger partial charge is 0.504 e. The molecule has 1 aromatic carbocycles. The van der Waals surface area contributed by atoms with Crippen LogP contribution in [0.3, 0.4) is 0 Å². The summed E-state index contributed by atoms with van der Waals surface area (Å²) >= 11 is 5.69. The first-order valence-electron chi connectivity index (χ1n) is 5.04. The summed E-state index contributed by atoms with van der Waals surface area (Å²) in [6, 6.07) is 1.13. The van der Waals surface area contributed by atoms with E-state index in [1.165, 1.54) is 7.11 Å². The second-order valence-electron chi connectivity index (χ2n) is 4.11. The van der Waals surface area contributed by atoms with E-state index < -0.39 is 11.4 Å². The summed E-state index contributed by atoms with van der Waals surface area (Å²) in [5.41, 5.74) is 5.47. The van der Waals surface area contributed by atoms with E-state index in [9.17, 15) is 9.50 Å². The van der Waals surface area contributed by atoms with Crippen LogP contribution >= 0.6 is 11.6 Å². The average molecular weight is 246 g/mol. The van der Waals surface area contributed by atoms with Gasteiger partial charge in [-0.1, -0.05) is 11.6 Å². The van der Waals surface area contributed by atoms with E-state index >= 15 is 0 Å². The molecule has 0 bridgehead atoms. The molecule has 0 aliphatic heterocycles. The highest BCUT2D eigenvalue weighted by Gasteiger charge is 2.40. The van der Waals surface area contributed by atoms with Gasteiger partial charge in [0, 0.05) is 11.6 Å². The molecule has 3 nitrogen and oxygen atoms in total. The lowest BCUT2D eigenvalue weighted by Gasteiger charge is -2.39. The highest BCUT2D eigenvalue weighted by atomic mass is 35.5. The smallest absolute Gasteiger partial charge is 0.168 e. The van der Waals surface area contributed by atoms with Crippen molar-refractivity contribution >= 4 is 11.6 Å². The lowest BCUT2D eigenvalue weighted by atomic mass is 9.72. The Kier molecular flexibility index (Phi) is 2.72. The van der Waals surface area contributed by atoms with Crippen molar-refractivity contribution < 1.29 is 14.2 Å². The minimum atomic E-state index is -0.766. The van der Waals surface area contributed by atoms with Crippen molar-refractivity contribution in [1.82, 2.24) is 0 Å². The molecule has 1 aliphatic carbocycles. The number of halogens is 2. The van der Waals surface area contributed by atoms with Crippen LogP contribution in [0.4, 0.5) is 4.39 Å². The fraction of sp³-hybridized carbons (Fsp3) is 0.455. The third kappa shape index (κ3) is 1.53. The van der Waals surface area contributed by atoms with Gasteiger partial charge in [0.1, 0.15) is 0 Å². The van der Waals surface area contributed by atoms with Gasteiger partial charge in [-0.05, 0) is 19.3 Å². The Morgan fingerprint density at radius 2 is 2.19 bits per heavy atom. The predicted octanol–water partition coefficient (Wildman–Crippen LogP) is 2.53. The van der Waals surface area contributed by atoms with Crippen molar-refractivity contribution in [2.75, 3.05) is 7.11 Å². The van der Waals surface area contributed by atoms with Crippen molar-refractivity contribution in [2.24, 2.45) is 5.73 Å². The van der Waals surface area contributed by atoms with Gasteiger partial charge in [-0.3, -0.25) is 0 Å². The Morgan fingerprint density at radius 3 is 2.62 bits per heavy atom. The number of ether oxygens (including phenoxy) is 1. The van der Waals surface area contributed by atoms with Crippen LogP contribution < -0.4 is 10.5 Å². The summed E-state index contributed by atoms with van der Waals surface area (Å²) < 4.78 is 18.9. The van der Waals surface area contributed by atoms with E-state index in [0.29, 0.717) is 12.8 Å². The number of benzene rings is 1. The molecule has 0 saturated heterocycles. The van der Waals surface area contributed by atoms with Crippen molar-refractivity contribution in [2.45, 2.75) is 24.8 Å². The molecule has 0 aromatic heterocycles. The SMILES string of the molecule is COc1c(O)cc(Cl)c(F)c1C1(N)CCC1.